The zero-order chi connectivity index (χ0) is 31.0. The summed E-state index contributed by atoms with van der Waals surface area (Å²) in [4.78, 5) is 14.3. The molecule has 0 spiro atoms. The van der Waals surface area contributed by atoms with E-state index in [9.17, 15) is 0 Å². The van der Waals surface area contributed by atoms with E-state index in [1.54, 1.807) is 0 Å². The van der Waals surface area contributed by atoms with Gasteiger partial charge in [0.05, 0.1) is 38.8 Å². The third kappa shape index (κ3) is 4.36. The fourth-order valence-electron chi connectivity index (χ4n) is 6.58. The molecule has 0 N–H and O–H groups in total. The van der Waals surface area contributed by atoms with Crippen molar-refractivity contribution in [3.8, 4) is 33.8 Å². The van der Waals surface area contributed by atoms with Gasteiger partial charge in [-0.3, -0.25) is 15.0 Å². The standard InChI is InChI=1S/C39H25N5.C2H6/c1-2-10-27(11-3-1)43-35-20-18-28(25-32(35)39-36(43)15-8-23-42-39)44-34-19-17-26(24-31(34)38-37(44)16-9-22-41-38)29-12-4-5-13-30(29)33-14-6-7-21-40-33;1-2/h1-25H;1-2H3. The Morgan fingerprint density at radius 1 is 0.413 bits per heavy atom. The van der Waals surface area contributed by atoms with Gasteiger partial charge in [-0.05, 0) is 90.0 Å². The van der Waals surface area contributed by atoms with Crippen LogP contribution in [0.15, 0.2) is 152 Å². The zero-order valence-corrected chi connectivity index (χ0v) is 25.7. The molecular formula is C41H31N5. The first-order chi connectivity index (χ1) is 22.8. The summed E-state index contributed by atoms with van der Waals surface area (Å²) < 4.78 is 4.61. The number of hydrogen-bond acceptors (Lipinski definition) is 3. The van der Waals surface area contributed by atoms with Crippen LogP contribution in [0.1, 0.15) is 13.8 Å². The Kier molecular flexibility index (Phi) is 6.84. The van der Waals surface area contributed by atoms with E-state index in [1.807, 2.05) is 62.8 Å². The molecule has 9 rings (SSSR count). The first-order valence-corrected chi connectivity index (χ1v) is 15.7. The molecule has 0 amide bonds. The minimum Gasteiger partial charge on any atom is -0.308 e. The normalized spacial score (nSPS) is 11.3. The van der Waals surface area contributed by atoms with Gasteiger partial charge in [0.1, 0.15) is 0 Å². The predicted molar refractivity (Wildman–Crippen MR) is 191 cm³/mol. The molecule has 46 heavy (non-hydrogen) atoms. The lowest BCUT2D eigenvalue weighted by Gasteiger charge is -2.11. The highest BCUT2D eigenvalue weighted by atomic mass is 15.0. The predicted octanol–water partition coefficient (Wildman–Crippen LogP) is 10.4. The highest BCUT2D eigenvalue weighted by molar-refractivity contribution is 6.11. The molecule has 0 fully saturated rings. The Bertz CT molecular complexity index is 2490. The van der Waals surface area contributed by atoms with Gasteiger partial charge in [0, 0.05) is 46.3 Å². The van der Waals surface area contributed by atoms with Gasteiger partial charge in [0.2, 0.25) is 0 Å². The lowest BCUT2D eigenvalue weighted by atomic mass is 9.96. The van der Waals surface area contributed by atoms with Gasteiger partial charge < -0.3 is 9.13 Å². The van der Waals surface area contributed by atoms with Crippen molar-refractivity contribution in [1.29, 1.82) is 0 Å². The molecule has 0 radical (unpaired) electrons. The van der Waals surface area contributed by atoms with Crippen molar-refractivity contribution >= 4 is 43.9 Å². The minimum atomic E-state index is 0.959. The molecule has 9 aromatic rings. The molecule has 0 aliphatic rings. The summed E-state index contributed by atoms with van der Waals surface area (Å²) in [5, 5.41) is 2.22. The number of hydrogen-bond donors (Lipinski definition) is 0. The second kappa shape index (κ2) is 11.5. The van der Waals surface area contributed by atoms with Crippen LogP contribution in [-0.2, 0) is 0 Å². The molecule has 0 saturated carbocycles. The third-order valence-electron chi connectivity index (χ3n) is 8.47. The van der Waals surface area contributed by atoms with Crippen LogP contribution in [0.5, 0.6) is 0 Å². The van der Waals surface area contributed by atoms with Crippen LogP contribution >= 0.6 is 0 Å². The van der Waals surface area contributed by atoms with E-state index in [0.29, 0.717) is 0 Å². The SMILES string of the molecule is CC.c1ccc(-n2c3ccc(-n4c5ccc(-c6ccccc6-c6ccccn6)cc5c5ncccc54)cc3c3ncccc32)cc1. The maximum absolute atomic E-state index is 4.88. The molecular weight excluding hydrogens is 562 g/mol. The zero-order valence-electron chi connectivity index (χ0n) is 25.7. The van der Waals surface area contributed by atoms with Crippen LogP contribution in [0.2, 0.25) is 0 Å². The van der Waals surface area contributed by atoms with Crippen LogP contribution in [0.3, 0.4) is 0 Å². The molecule has 5 nitrogen and oxygen atoms in total. The second-order valence-electron chi connectivity index (χ2n) is 10.9. The minimum absolute atomic E-state index is 0.959. The maximum atomic E-state index is 4.88. The van der Waals surface area contributed by atoms with E-state index in [4.69, 9.17) is 9.97 Å². The summed E-state index contributed by atoms with van der Waals surface area (Å²) in [6.45, 7) is 4.00. The molecule has 0 unspecified atom stereocenters. The fourth-order valence-corrected chi connectivity index (χ4v) is 6.58. The Balaban J connectivity index is 0.00000153. The van der Waals surface area contributed by atoms with Crippen LogP contribution in [0.25, 0.3) is 77.6 Å². The second-order valence-corrected chi connectivity index (χ2v) is 10.9. The summed E-state index contributed by atoms with van der Waals surface area (Å²) in [7, 11) is 0. The Morgan fingerprint density at radius 3 is 1.70 bits per heavy atom. The van der Waals surface area contributed by atoms with Crippen LogP contribution in [0.4, 0.5) is 0 Å². The van der Waals surface area contributed by atoms with E-state index in [1.165, 1.54) is 0 Å². The monoisotopic (exact) mass is 593 g/mol. The quantitative estimate of drug-likeness (QED) is 0.204. The number of pyridine rings is 3. The van der Waals surface area contributed by atoms with Crippen molar-refractivity contribution in [3.63, 3.8) is 0 Å². The van der Waals surface area contributed by atoms with Gasteiger partial charge >= 0.3 is 0 Å². The third-order valence-corrected chi connectivity index (χ3v) is 8.47. The summed E-state index contributed by atoms with van der Waals surface area (Å²) in [5.74, 6) is 0. The molecule has 5 heteroatoms. The van der Waals surface area contributed by atoms with Crippen molar-refractivity contribution in [3.05, 3.63) is 152 Å². The summed E-state index contributed by atoms with van der Waals surface area (Å²) in [5.41, 5.74) is 12.9. The average molecular weight is 594 g/mol. The number of nitrogens with zero attached hydrogens (tertiary/aromatic N) is 5. The summed E-state index contributed by atoms with van der Waals surface area (Å²) >= 11 is 0. The molecule has 0 saturated heterocycles. The molecule has 220 valence electrons. The van der Waals surface area contributed by atoms with Crippen molar-refractivity contribution in [2.24, 2.45) is 0 Å². The average Bonchev–Trinajstić information content (AvgIpc) is 3.65. The Hall–Kier alpha value is -6.07. The molecule has 0 atom stereocenters. The number of rotatable bonds is 4. The summed E-state index contributed by atoms with van der Waals surface area (Å²) in [6, 6.07) is 46.7. The van der Waals surface area contributed by atoms with Crippen LogP contribution in [-0.4, -0.2) is 24.1 Å². The van der Waals surface area contributed by atoms with Gasteiger partial charge in [-0.2, -0.15) is 0 Å². The van der Waals surface area contributed by atoms with Gasteiger partial charge in [0.15, 0.2) is 0 Å². The van der Waals surface area contributed by atoms with Gasteiger partial charge in [-0.1, -0.05) is 68.4 Å². The van der Waals surface area contributed by atoms with E-state index >= 15 is 0 Å². The number of benzene rings is 4. The fraction of sp³-hybridized carbons (Fsp3) is 0.0488. The van der Waals surface area contributed by atoms with Crippen molar-refractivity contribution in [1.82, 2.24) is 24.1 Å². The van der Waals surface area contributed by atoms with Gasteiger partial charge in [0.25, 0.3) is 0 Å². The van der Waals surface area contributed by atoms with Crippen molar-refractivity contribution in [2.75, 3.05) is 0 Å². The smallest absolute Gasteiger partial charge is 0.0964 e. The van der Waals surface area contributed by atoms with E-state index in [2.05, 4.69) is 117 Å². The molecule has 5 heterocycles. The molecule has 5 aromatic heterocycles. The van der Waals surface area contributed by atoms with Crippen molar-refractivity contribution < 1.29 is 0 Å². The maximum Gasteiger partial charge on any atom is 0.0964 e. The molecule has 0 aliphatic heterocycles. The highest BCUT2D eigenvalue weighted by Crippen LogP contribution is 2.38. The molecule has 4 aromatic carbocycles. The molecule has 0 aliphatic carbocycles. The van der Waals surface area contributed by atoms with E-state index < -0.39 is 0 Å². The summed E-state index contributed by atoms with van der Waals surface area (Å²) in [6.07, 6.45) is 5.59. The van der Waals surface area contributed by atoms with E-state index in [-0.39, 0.29) is 0 Å². The first-order valence-electron chi connectivity index (χ1n) is 15.7. The number of fused-ring (bicyclic) bond motifs is 6. The Labute approximate surface area is 267 Å². The van der Waals surface area contributed by atoms with Gasteiger partial charge in [-0.25, -0.2) is 0 Å². The molecule has 0 bridgehead atoms. The number of aromatic nitrogens is 5. The number of para-hydroxylation sites is 1. The highest BCUT2D eigenvalue weighted by Gasteiger charge is 2.18. The van der Waals surface area contributed by atoms with Crippen molar-refractivity contribution in [2.45, 2.75) is 13.8 Å². The largest absolute Gasteiger partial charge is 0.308 e. The van der Waals surface area contributed by atoms with Crippen LogP contribution < -0.4 is 0 Å². The lowest BCUT2D eigenvalue weighted by molar-refractivity contribution is 1.16. The van der Waals surface area contributed by atoms with Crippen LogP contribution in [0, 0.1) is 0 Å². The topological polar surface area (TPSA) is 48.5 Å². The lowest BCUT2D eigenvalue weighted by Crippen LogP contribution is -1.95. The Morgan fingerprint density at radius 2 is 1.00 bits per heavy atom. The van der Waals surface area contributed by atoms with E-state index in [0.717, 1.165) is 77.6 Å². The first kappa shape index (κ1) is 27.5. The van der Waals surface area contributed by atoms with Gasteiger partial charge in [-0.15, -0.1) is 0 Å².